The standard InChI is InChI=1S/C22H23ClN4O/c1-16-5-2-3-6-19(16)22(28)27-12-4-11-26(13-14-27)21-15-20(24-25-21)17-7-9-18(23)10-8-17/h2-3,5-10,15H,4,11-14H2,1H3,(H,24,25). The normalized spacial score (nSPS) is 14.8. The summed E-state index contributed by atoms with van der Waals surface area (Å²) in [7, 11) is 0. The first-order valence-corrected chi connectivity index (χ1v) is 9.91. The maximum Gasteiger partial charge on any atom is 0.254 e. The molecule has 5 nitrogen and oxygen atoms in total. The summed E-state index contributed by atoms with van der Waals surface area (Å²) in [5, 5.41) is 8.32. The van der Waals surface area contributed by atoms with Crippen LogP contribution in [0.2, 0.25) is 5.02 Å². The molecular formula is C22H23ClN4O. The van der Waals surface area contributed by atoms with Gasteiger partial charge in [-0.1, -0.05) is 41.9 Å². The van der Waals surface area contributed by atoms with Crippen molar-refractivity contribution < 1.29 is 4.79 Å². The molecule has 28 heavy (non-hydrogen) atoms. The monoisotopic (exact) mass is 394 g/mol. The number of H-pyrrole nitrogens is 1. The SMILES string of the molecule is Cc1ccccc1C(=O)N1CCCN(c2cc(-c3ccc(Cl)cc3)[nH]n2)CC1. The summed E-state index contributed by atoms with van der Waals surface area (Å²) in [5.41, 5.74) is 3.83. The summed E-state index contributed by atoms with van der Waals surface area (Å²) in [4.78, 5) is 17.1. The van der Waals surface area contributed by atoms with Gasteiger partial charge in [0, 0.05) is 42.8 Å². The number of nitrogens with zero attached hydrogens (tertiary/aromatic N) is 3. The minimum Gasteiger partial charge on any atom is -0.353 e. The predicted molar refractivity (Wildman–Crippen MR) is 113 cm³/mol. The molecular weight excluding hydrogens is 372 g/mol. The van der Waals surface area contributed by atoms with E-state index in [9.17, 15) is 4.79 Å². The second kappa shape index (κ2) is 8.07. The Morgan fingerprint density at radius 1 is 1.04 bits per heavy atom. The average Bonchev–Trinajstić information content (AvgIpc) is 3.06. The third-order valence-corrected chi connectivity index (χ3v) is 5.45. The van der Waals surface area contributed by atoms with E-state index in [1.54, 1.807) is 0 Å². The highest BCUT2D eigenvalue weighted by Gasteiger charge is 2.22. The second-order valence-corrected chi connectivity index (χ2v) is 7.53. The molecule has 4 rings (SSSR count). The Balaban J connectivity index is 1.45. The fraction of sp³-hybridized carbons (Fsp3) is 0.273. The predicted octanol–water partition coefficient (Wildman–Crippen LogP) is 4.39. The molecule has 6 heteroatoms. The van der Waals surface area contributed by atoms with E-state index in [4.69, 9.17) is 11.6 Å². The summed E-state index contributed by atoms with van der Waals surface area (Å²) in [6.45, 7) is 5.08. The lowest BCUT2D eigenvalue weighted by molar-refractivity contribution is 0.0766. The highest BCUT2D eigenvalue weighted by molar-refractivity contribution is 6.30. The Hall–Kier alpha value is -2.79. The number of hydrogen-bond donors (Lipinski definition) is 1. The van der Waals surface area contributed by atoms with E-state index >= 15 is 0 Å². The molecule has 1 amide bonds. The van der Waals surface area contributed by atoms with E-state index in [0.29, 0.717) is 6.54 Å². The van der Waals surface area contributed by atoms with E-state index in [2.05, 4.69) is 21.2 Å². The minimum absolute atomic E-state index is 0.115. The third kappa shape index (κ3) is 3.90. The smallest absolute Gasteiger partial charge is 0.254 e. The summed E-state index contributed by atoms with van der Waals surface area (Å²) in [6.07, 6.45) is 0.917. The fourth-order valence-electron chi connectivity index (χ4n) is 3.58. The van der Waals surface area contributed by atoms with Crippen molar-refractivity contribution in [3.05, 3.63) is 70.7 Å². The number of nitrogens with one attached hydrogen (secondary N) is 1. The van der Waals surface area contributed by atoms with Crippen LogP contribution in [0.15, 0.2) is 54.6 Å². The summed E-state index contributed by atoms with van der Waals surface area (Å²) >= 11 is 5.97. The van der Waals surface area contributed by atoms with Gasteiger partial charge in [0.05, 0.1) is 5.69 Å². The topological polar surface area (TPSA) is 52.2 Å². The molecule has 144 valence electrons. The molecule has 0 unspecified atom stereocenters. The highest BCUT2D eigenvalue weighted by atomic mass is 35.5. The summed E-state index contributed by atoms with van der Waals surface area (Å²) < 4.78 is 0. The summed E-state index contributed by atoms with van der Waals surface area (Å²) in [5.74, 6) is 1.03. The van der Waals surface area contributed by atoms with Gasteiger partial charge in [-0.3, -0.25) is 9.89 Å². The molecule has 0 atom stereocenters. The molecule has 0 aliphatic carbocycles. The molecule has 1 aliphatic heterocycles. The molecule has 2 heterocycles. The van der Waals surface area contributed by atoms with Crippen LogP contribution in [0.1, 0.15) is 22.3 Å². The van der Waals surface area contributed by atoms with Gasteiger partial charge in [-0.05, 0) is 42.7 Å². The van der Waals surface area contributed by atoms with Crippen molar-refractivity contribution in [2.24, 2.45) is 0 Å². The van der Waals surface area contributed by atoms with Crippen LogP contribution in [0, 0.1) is 6.92 Å². The zero-order chi connectivity index (χ0) is 19.5. The van der Waals surface area contributed by atoms with E-state index in [1.165, 1.54) is 0 Å². The summed E-state index contributed by atoms with van der Waals surface area (Å²) in [6, 6.07) is 17.5. The van der Waals surface area contributed by atoms with E-state index < -0.39 is 0 Å². The first-order valence-electron chi connectivity index (χ1n) is 9.53. The molecule has 0 saturated carbocycles. The molecule has 1 aromatic heterocycles. The lowest BCUT2D eigenvalue weighted by Crippen LogP contribution is -2.35. The van der Waals surface area contributed by atoms with Gasteiger partial charge in [0.25, 0.3) is 5.91 Å². The van der Waals surface area contributed by atoms with Crippen molar-refractivity contribution in [1.29, 1.82) is 0 Å². The third-order valence-electron chi connectivity index (χ3n) is 5.20. The number of halogens is 1. The van der Waals surface area contributed by atoms with Crippen LogP contribution in [0.3, 0.4) is 0 Å². The Kier molecular flexibility index (Phi) is 5.35. The Labute approximate surface area is 169 Å². The lowest BCUT2D eigenvalue weighted by atomic mass is 10.1. The zero-order valence-electron chi connectivity index (χ0n) is 15.9. The maximum absolute atomic E-state index is 12.9. The number of aromatic amines is 1. The van der Waals surface area contributed by atoms with Gasteiger partial charge in [-0.2, -0.15) is 5.10 Å². The van der Waals surface area contributed by atoms with Crippen LogP contribution in [0.5, 0.6) is 0 Å². The number of benzene rings is 2. The largest absolute Gasteiger partial charge is 0.353 e. The van der Waals surface area contributed by atoms with Crippen molar-refractivity contribution in [3.8, 4) is 11.3 Å². The number of aromatic nitrogens is 2. The highest BCUT2D eigenvalue weighted by Crippen LogP contribution is 2.24. The molecule has 1 N–H and O–H groups in total. The fourth-order valence-corrected chi connectivity index (χ4v) is 3.71. The number of anilines is 1. The van der Waals surface area contributed by atoms with E-state index in [-0.39, 0.29) is 5.91 Å². The van der Waals surface area contributed by atoms with Crippen LogP contribution in [0.4, 0.5) is 5.82 Å². The molecule has 0 bridgehead atoms. The zero-order valence-corrected chi connectivity index (χ0v) is 16.6. The lowest BCUT2D eigenvalue weighted by Gasteiger charge is -2.22. The maximum atomic E-state index is 12.9. The number of hydrogen-bond acceptors (Lipinski definition) is 3. The van der Waals surface area contributed by atoms with Gasteiger partial charge in [0.1, 0.15) is 0 Å². The first-order chi connectivity index (χ1) is 13.6. The number of rotatable bonds is 3. The van der Waals surface area contributed by atoms with Crippen molar-refractivity contribution >= 4 is 23.3 Å². The van der Waals surface area contributed by atoms with E-state index in [1.807, 2.05) is 60.4 Å². The van der Waals surface area contributed by atoms with Crippen molar-refractivity contribution in [2.45, 2.75) is 13.3 Å². The molecule has 0 radical (unpaired) electrons. The van der Waals surface area contributed by atoms with Crippen molar-refractivity contribution in [3.63, 3.8) is 0 Å². The van der Waals surface area contributed by atoms with Gasteiger partial charge in [-0.15, -0.1) is 0 Å². The minimum atomic E-state index is 0.115. The van der Waals surface area contributed by atoms with Gasteiger partial charge >= 0.3 is 0 Å². The molecule has 3 aromatic rings. The number of carbonyl (C=O) groups excluding carboxylic acids is 1. The Morgan fingerprint density at radius 3 is 2.61 bits per heavy atom. The Bertz CT molecular complexity index is 967. The molecule has 1 aliphatic rings. The quantitative estimate of drug-likeness (QED) is 0.716. The van der Waals surface area contributed by atoms with Crippen LogP contribution in [-0.4, -0.2) is 47.2 Å². The van der Waals surface area contributed by atoms with Crippen LogP contribution in [0.25, 0.3) is 11.3 Å². The van der Waals surface area contributed by atoms with Gasteiger partial charge in [0.2, 0.25) is 0 Å². The van der Waals surface area contributed by atoms with Gasteiger partial charge in [0.15, 0.2) is 5.82 Å². The first kappa shape index (κ1) is 18.6. The number of carbonyl (C=O) groups is 1. The second-order valence-electron chi connectivity index (χ2n) is 7.09. The molecule has 2 aromatic carbocycles. The van der Waals surface area contributed by atoms with Crippen LogP contribution in [-0.2, 0) is 0 Å². The number of amides is 1. The van der Waals surface area contributed by atoms with Crippen LogP contribution >= 0.6 is 11.6 Å². The Morgan fingerprint density at radius 2 is 1.82 bits per heavy atom. The van der Waals surface area contributed by atoms with E-state index in [0.717, 1.165) is 59.3 Å². The molecule has 0 spiro atoms. The van der Waals surface area contributed by atoms with Crippen molar-refractivity contribution in [1.82, 2.24) is 15.1 Å². The molecule has 1 saturated heterocycles. The average molecular weight is 395 g/mol. The van der Waals surface area contributed by atoms with Crippen molar-refractivity contribution in [2.75, 3.05) is 31.1 Å². The van der Waals surface area contributed by atoms with Crippen LogP contribution < -0.4 is 4.90 Å². The van der Waals surface area contributed by atoms with Gasteiger partial charge < -0.3 is 9.80 Å². The molecule has 1 fully saturated rings. The van der Waals surface area contributed by atoms with Gasteiger partial charge in [-0.25, -0.2) is 0 Å². The number of aryl methyl sites for hydroxylation is 1.